The topological polar surface area (TPSA) is 64.3 Å². The number of nitrogens with one attached hydrogen (secondary N) is 1. The molecule has 0 radical (unpaired) electrons. The Balaban J connectivity index is 2.05. The van der Waals surface area contributed by atoms with Crippen LogP contribution in [0.4, 0.5) is 0 Å². The molecule has 19 heavy (non-hydrogen) atoms. The lowest BCUT2D eigenvalue weighted by Gasteiger charge is -1.95. The molecule has 0 spiro atoms. The molecular formula is C13H12N6. The summed E-state index contributed by atoms with van der Waals surface area (Å²) < 4.78 is 3.75. The minimum absolute atomic E-state index is 0.765. The Morgan fingerprint density at radius 3 is 2.89 bits per heavy atom. The molecule has 0 unspecified atom stereocenters. The maximum Gasteiger partial charge on any atom is 0.162 e. The standard InChI is InChI=1S/C13H12N6/c1-18-7-9(6-15-18)11-3-10-12-8(5-16-19(12)2)4-14-13(10)17-11/h3-7,16H,1-2H3. The zero-order chi connectivity index (χ0) is 13.0. The van der Waals surface area contributed by atoms with Crippen molar-refractivity contribution in [2.75, 3.05) is 0 Å². The van der Waals surface area contributed by atoms with Gasteiger partial charge in [-0.1, -0.05) is 0 Å². The smallest absolute Gasteiger partial charge is 0.162 e. The number of fused-ring (bicyclic) bond motifs is 3. The van der Waals surface area contributed by atoms with E-state index in [1.54, 1.807) is 4.68 Å². The van der Waals surface area contributed by atoms with E-state index >= 15 is 0 Å². The molecule has 0 bridgehead atoms. The molecule has 1 N–H and O–H groups in total. The van der Waals surface area contributed by atoms with E-state index in [9.17, 15) is 0 Å². The molecule has 0 aromatic carbocycles. The zero-order valence-electron chi connectivity index (χ0n) is 10.6. The molecule has 4 rings (SSSR count). The monoisotopic (exact) mass is 252 g/mol. The summed E-state index contributed by atoms with van der Waals surface area (Å²) in [6, 6.07) is 2.06. The molecular weight excluding hydrogens is 240 g/mol. The Morgan fingerprint density at radius 1 is 1.21 bits per heavy atom. The first-order valence-corrected chi connectivity index (χ1v) is 6.01. The van der Waals surface area contributed by atoms with E-state index in [-0.39, 0.29) is 0 Å². The van der Waals surface area contributed by atoms with Gasteiger partial charge in [0, 0.05) is 49.0 Å². The fraction of sp³-hybridized carbons (Fsp3) is 0.154. The van der Waals surface area contributed by atoms with Crippen molar-refractivity contribution < 1.29 is 0 Å². The fourth-order valence-electron chi connectivity index (χ4n) is 2.44. The van der Waals surface area contributed by atoms with Gasteiger partial charge in [-0.3, -0.25) is 9.36 Å². The first-order valence-electron chi connectivity index (χ1n) is 6.01. The van der Waals surface area contributed by atoms with Crippen molar-refractivity contribution in [1.29, 1.82) is 0 Å². The SMILES string of the molecule is Cn1cc(-c2cc3c(ncc4c[nH]n(C)c43)n2)cn1. The van der Waals surface area contributed by atoms with Crippen LogP contribution in [-0.4, -0.2) is 29.5 Å². The van der Waals surface area contributed by atoms with Gasteiger partial charge in [0.05, 0.1) is 17.4 Å². The van der Waals surface area contributed by atoms with Crippen LogP contribution >= 0.6 is 0 Å². The first-order chi connectivity index (χ1) is 9.22. The number of aromatic amines is 1. The third kappa shape index (κ3) is 1.40. The Bertz CT molecular complexity index is 894. The highest BCUT2D eigenvalue weighted by Crippen LogP contribution is 2.27. The van der Waals surface area contributed by atoms with Gasteiger partial charge in [-0.25, -0.2) is 9.97 Å². The van der Waals surface area contributed by atoms with Gasteiger partial charge in [0.25, 0.3) is 0 Å². The Kier molecular flexibility index (Phi) is 1.87. The number of H-pyrrole nitrogens is 1. The van der Waals surface area contributed by atoms with Crippen molar-refractivity contribution >= 4 is 21.9 Å². The summed E-state index contributed by atoms with van der Waals surface area (Å²) >= 11 is 0. The number of aromatic nitrogens is 6. The number of hydrogen-bond acceptors (Lipinski definition) is 3. The van der Waals surface area contributed by atoms with E-state index < -0.39 is 0 Å². The summed E-state index contributed by atoms with van der Waals surface area (Å²) in [6.07, 6.45) is 7.55. The predicted molar refractivity (Wildman–Crippen MR) is 72.6 cm³/mol. The molecule has 6 nitrogen and oxygen atoms in total. The summed E-state index contributed by atoms with van der Waals surface area (Å²) in [5.74, 6) is 0. The van der Waals surface area contributed by atoms with Crippen LogP contribution < -0.4 is 0 Å². The van der Waals surface area contributed by atoms with Crippen LogP contribution in [0.2, 0.25) is 0 Å². The number of pyridine rings is 1. The molecule has 6 heteroatoms. The summed E-state index contributed by atoms with van der Waals surface area (Å²) in [5, 5.41) is 9.47. The Hall–Kier alpha value is -2.63. The third-order valence-electron chi connectivity index (χ3n) is 3.35. The summed E-state index contributed by atoms with van der Waals surface area (Å²) in [6.45, 7) is 0. The van der Waals surface area contributed by atoms with Gasteiger partial charge in [-0.2, -0.15) is 5.10 Å². The molecule has 0 aliphatic rings. The van der Waals surface area contributed by atoms with Gasteiger partial charge >= 0.3 is 0 Å². The van der Waals surface area contributed by atoms with Gasteiger partial charge in [0.1, 0.15) is 0 Å². The maximum absolute atomic E-state index is 4.58. The average Bonchev–Trinajstić information content (AvgIpc) is 3.06. The van der Waals surface area contributed by atoms with E-state index in [2.05, 4.69) is 26.2 Å². The van der Waals surface area contributed by atoms with Crippen LogP contribution in [0.1, 0.15) is 0 Å². The van der Waals surface area contributed by atoms with E-state index in [4.69, 9.17) is 0 Å². The number of aryl methyl sites for hydroxylation is 2. The lowest BCUT2D eigenvalue weighted by molar-refractivity contribution is 0.768. The fourth-order valence-corrected chi connectivity index (χ4v) is 2.44. The second-order valence-electron chi connectivity index (χ2n) is 4.68. The minimum Gasteiger partial charge on any atom is -0.305 e. The van der Waals surface area contributed by atoms with E-state index in [1.807, 2.05) is 43.6 Å². The van der Waals surface area contributed by atoms with Crippen molar-refractivity contribution in [2.45, 2.75) is 0 Å². The molecule has 0 saturated carbocycles. The highest BCUT2D eigenvalue weighted by Gasteiger charge is 2.12. The Labute approximate surface area is 108 Å². The number of hydrogen-bond donors (Lipinski definition) is 1. The molecule has 0 aliphatic carbocycles. The zero-order valence-corrected chi connectivity index (χ0v) is 10.6. The van der Waals surface area contributed by atoms with Gasteiger partial charge in [0.15, 0.2) is 5.65 Å². The third-order valence-corrected chi connectivity index (χ3v) is 3.35. The van der Waals surface area contributed by atoms with Gasteiger partial charge in [-0.05, 0) is 6.07 Å². The summed E-state index contributed by atoms with van der Waals surface area (Å²) in [5.41, 5.74) is 3.80. The lowest BCUT2D eigenvalue weighted by Crippen LogP contribution is -1.89. The van der Waals surface area contributed by atoms with E-state index in [1.165, 1.54) is 0 Å². The van der Waals surface area contributed by atoms with E-state index in [0.717, 1.165) is 33.2 Å². The average molecular weight is 252 g/mol. The second kappa shape index (κ2) is 3.44. The highest BCUT2D eigenvalue weighted by atomic mass is 15.3. The maximum atomic E-state index is 4.58. The summed E-state index contributed by atoms with van der Waals surface area (Å²) in [7, 11) is 3.88. The second-order valence-corrected chi connectivity index (χ2v) is 4.68. The molecule has 0 amide bonds. The normalized spacial score (nSPS) is 11.7. The quantitative estimate of drug-likeness (QED) is 0.562. The van der Waals surface area contributed by atoms with Gasteiger partial charge in [0.2, 0.25) is 0 Å². The molecule has 0 fully saturated rings. The predicted octanol–water partition coefficient (Wildman–Crippen LogP) is 1.85. The first kappa shape index (κ1) is 10.3. The molecule has 4 aromatic rings. The Morgan fingerprint density at radius 2 is 2.11 bits per heavy atom. The minimum atomic E-state index is 0.765. The highest BCUT2D eigenvalue weighted by molar-refractivity contribution is 6.04. The van der Waals surface area contributed by atoms with Gasteiger partial charge < -0.3 is 5.10 Å². The van der Waals surface area contributed by atoms with Gasteiger partial charge in [-0.15, -0.1) is 0 Å². The number of nitrogens with zero attached hydrogens (tertiary/aromatic N) is 5. The van der Waals surface area contributed by atoms with E-state index in [0.29, 0.717) is 0 Å². The molecule has 4 heterocycles. The van der Waals surface area contributed by atoms with Crippen molar-refractivity contribution in [2.24, 2.45) is 14.1 Å². The van der Waals surface area contributed by atoms with Crippen molar-refractivity contribution in [3.63, 3.8) is 0 Å². The van der Waals surface area contributed by atoms with Crippen LogP contribution in [-0.2, 0) is 14.1 Å². The van der Waals surface area contributed by atoms with Crippen LogP contribution in [0.15, 0.2) is 30.9 Å². The van der Waals surface area contributed by atoms with Crippen molar-refractivity contribution in [3.05, 3.63) is 30.9 Å². The molecule has 0 aliphatic heterocycles. The molecule has 0 saturated heterocycles. The van der Waals surface area contributed by atoms with Crippen LogP contribution in [0.5, 0.6) is 0 Å². The molecule has 4 aromatic heterocycles. The lowest BCUT2D eigenvalue weighted by atomic mass is 10.2. The van der Waals surface area contributed by atoms with Crippen molar-refractivity contribution in [1.82, 2.24) is 29.5 Å². The number of rotatable bonds is 1. The molecule has 94 valence electrons. The largest absolute Gasteiger partial charge is 0.305 e. The van der Waals surface area contributed by atoms with Crippen LogP contribution in [0.3, 0.4) is 0 Å². The molecule has 0 atom stereocenters. The summed E-state index contributed by atoms with van der Waals surface area (Å²) in [4.78, 5) is 8.98. The van der Waals surface area contributed by atoms with Crippen molar-refractivity contribution in [3.8, 4) is 11.3 Å². The van der Waals surface area contributed by atoms with Crippen LogP contribution in [0, 0.1) is 0 Å². The van der Waals surface area contributed by atoms with Crippen LogP contribution in [0.25, 0.3) is 33.2 Å².